The maximum atomic E-state index is 5.50. The lowest BCUT2D eigenvalue weighted by Gasteiger charge is -2.29. The fourth-order valence-corrected chi connectivity index (χ4v) is 3.76. The van der Waals surface area contributed by atoms with Crippen LogP contribution in [0.25, 0.3) is 0 Å². The highest BCUT2D eigenvalue weighted by Gasteiger charge is 2.21. The molecule has 0 amide bonds. The van der Waals surface area contributed by atoms with Gasteiger partial charge in [0.15, 0.2) is 0 Å². The van der Waals surface area contributed by atoms with E-state index in [0.29, 0.717) is 12.1 Å². The van der Waals surface area contributed by atoms with Crippen LogP contribution in [0.5, 0.6) is 0 Å². The monoisotopic (exact) mass is 288 g/mol. The number of nitrogens with zero attached hydrogens (tertiary/aromatic N) is 1. The summed E-state index contributed by atoms with van der Waals surface area (Å²) in [7, 11) is 1.85. The zero-order chi connectivity index (χ0) is 14.5. The van der Waals surface area contributed by atoms with Crippen molar-refractivity contribution in [1.82, 2.24) is 5.32 Å². The molecule has 0 radical (unpaired) electrons. The van der Waals surface area contributed by atoms with Crippen molar-refractivity contribution in [2.24, 2.45) is 0 Å². The minimum atomic E-state index is 0.474. The number of rotatable bonds is 6. The lowest BCUT2D eigenvalue weighted by Crippen LogP contribution is -2.38. The summed E-state index contributed by atoms with van der Waals surface area (Å²) in [6, 6.07) is 9.50. The zero-order valence-corrected chi connectivity index (χ0v) is 13.2. The molecule has 3 heteroatoms. The Kier molecular flexibility index (Phi) is 5.15. The van der Waals surface area contributed by atoms with E-state index >= 15 is 0 Å². The predicted octanol–water partition coefficient (Wildman–Crippen LogP) is 2.99. The van der Waals surface area contributed by atoms with E-state index in [1.54, 1.807) is 0 Å². The molecular formula is C18H28N2O. The average Bonchev–Trinajstić information content (AvgIpc) is 2.95. The molecule has 1 fully saturated rings. The summed E-state index contributed by atoms with van der Waals surface area (Å²) in [4.78, 5) is 2.54. The summed E-state index contributed by atoms with van der Waals surface area (Å²) in [5, 5.41) is 3.73. The first-order valence-corrected chi connectivity index (χ1v) is 8.46. The van der Waals surface area contributed by atoms with Crippen LogP contribution < -0.4 is 10.2 Å². The number of anilines is 1. The summed E-state index contributed by atoms with van der Waals surface area (Å²) in [5.74, 6) is 0. The molecule has 0 saturated heterocycles. The number of fused-ring (bicyclic) bond motifs is 1. The second kappa shape index (κ2) is 7.28. The molecule has 1 aliphatic carbocycles. The summed E-state index contributed by atoms with van der Waals surface area (Å²) in [5.41, 5.74) is 2.97. The van der Waals surface area contributed by atoms with E-state index in [9.17, 15) is 0 Å². The molecule has 21 heavy (non-hydrogen) atoms. The van der Waals surface area contributed by atoms with Crippen LogP contribution in [-0.2, 0) is 11.2 Å². The van der Waals surface area contributed by atoms with Gasteiger partial charge in [-0.25, -0.2) is 0 Å². The van der Waals surface area contributed by atoms with Crippen molar-refractivity contribution in [3.8, 4) is 0 Å². The van der Waals surface area contributed by atoms with Gasteiger partial charge in [0, 0.05) is 31.9 Å². The first-order valence-electron chi connectivity index (χ1n) is 8.46. The topological polar surface area (TPSA) is 24.5 Å². The first-order chi connectivity index (χ1) is 10.4. The van der Waals surface area contributed by atoms with E-state index in [1.165, 1.54) is 62.9 Å². The van der Waals surface area contributed by atoms with Crippen molar-refractivity contribution >= 4 is 5.69 Å². The Morgan fingerprint density at radius 3 is 3.10 bits per heavy atom. The van der Waals surface area contributed by atoms with Crippen LogP contribution in [0, 0.1) is 0 Å². The average molecular weight is 288 g/mol. The Bertz CT molecular complexity index is 449. The van der Waals surface area contributed by atoms with Crippen LogP contribution in [0.2, 0.25) is 0 Å². The summed E-state index contributed by atoms with van der Waals surface area (Å²) in [6.07, 6.45) is 7.94. The fourth-order valence-electron chi connectivity index (χ4n) is 3.76. The van der Waals surface area contributed by atoms with E-state index < -0.39 is 0 Å². The number of hydrogen-bond acceptors (Lipinski definition) is 3. The SMILES string of the molecule is COC1CCCC(NCCCN2CCc3ccccc32)C1. The van der Waals surface area contributed by atoms with Crippen LogP contribution >= 0.6 is 0 Å². The van der Waals surface area contributed by atoms with Gasteiger partial charge in [0.25, 0.3) is 0 Å². The first kappa shape index (κ1) is 14.9. The molecule has 2 atom stereocenters. The van der Waals surface area contributed by atoms with Crippen LogP contribution in [0.3, 0.4) is 0 Å². The highest BCUT2D eigenvalue weighted by atomic mass is 16.5. The smallest absolute Gasteiger partial charge is 0.0586 e. The summed E-state index contributed by atoms with van der Waals surface area (Å²) >= 11 is 0. The second-order valence-electron chi connectivity index (χ2n) is 6.39. The molecule has 2 unspecified atom stereocenters. The molecule has 0 spiro atoms. The second-order valence-corrected chi connectivity index (χ2v) is 6.39. The summed E-state index contributed by atoms with van der Waals surface area (Å²) in [6.45, 7) is 3.48. The maximum Gasteiger partial charge on any atom is 0.0586 e. The molecule has 2 aliphatic rings. The van der Waals surface area contributed by atoms with Gasteiger partial charge in [0.1, 0.15) is 0 Å². The molecule has 1 aromatic rings. The Hall–Kier alpha value is -1.06. The molecule has 1 heterocycles. The third-order valence-corrected chi connectivity index (χ3v) is 4.98. The normalized spacial score (nSPS) is 25.1. The molecule has 1 N–H and O–H groups in total. The van der Waals surface area contributed by atoms with Gasteiger partial charge < -0.3 is 15.0 Å². The van der Waals surface area contributed by atoms with Crippen LogP contribution in [0.4, 0.5) is 5.69 Å². The predicted molar refractivity (Wildman–Crippen MR) is 88.0 cm³/mol. The van der Waals surface area contributed by atoms with Crippen molar-refractivity contribution in [3.63, 3.8) is 0 Å². The lowest BCUT2D eigenvalue weighted by atomic mass is 9.93. The van der Waals surface area contributed by atoms with Crippen molar-refractivity contribution in [3.05, 3.63) is 29.8 Å². The van der Waals surface area contributed by atoms with Gasteiger partial charge in [-0.1, -0.05) is 18.2 Å². The molecule has 1 saturated carbocycles. The van der Waals surface area contributed by atoms with Crippen molar-refractivity contribution in [1.29, 1.82) is 0 Å². The molecule has 0 bridgehead atoms. The highest BCUT2D eigenvalue weighted by Crippen LogP contribution is 2.27. The third kappa shape index (κ3) is 3.78. The van der Waals surface area contributed by atoms with E-state index in [0.717, 1.165) is 6.54 Å². The Labute approximate surface area is 128 Å². The summed E-state index contributed by atoms with van der Waals surface area (Å²) < 4.78 is 5.50. The Morgan fingerprint density at radius 2 is 2.19 bits per heavy atom. The van der Waals surface area contributed by atoms with E-state index in [1.807, 2.05) is 7.11 Å². The zero-order valence-electron chi connectivity index (χ0n) is 13.2. The largest absolute Gasteiger partial charge is 0.381 e. The standard InChI is InChI=1S/C18H28N2O/c1-21-17-8-4-7-16(14-17)19-11-5-12-20-13-10-15-6-2-3-9-18(15)20/h2-3,6,9,16-17,19H,4-5,7-8,10-14H2,1H3. The number of hydrogen-bond donors (Lipinski definition) is 1. The number of para-hydroxylation sites is 1. The highest BCUT2D eigenvalue weighted by molar-refractivity contribution is 5.57. The third-order valence-electron chi connectivity index (χ3n) is 4.98. The molecule has 3 rings (SSSR count). The quantitative estimate of drug-likeness (QED) is 0.815. The van der Waals surface area contributed by atoms with Gasteiger partial charge in [-0.05, 0) is 56.7 Å². The molecule has 1 aliphatic heterocycles. The minimum Gasteiger partial charge on any atom is -0.381 e. The fraction of sp³-hybridized carbons (Fsp3) is 0.667. The van der Waals surface area contributed by atoms with Gasteiger partial charge in [-0.3, -0.25) is 0 Å². The molecule has 0 aromatic heterocycles. The number of ether oxygens (including phenoxy) is 1. The van der Waals surface area contributed by atoms with Crippen molar-refractivity contribution in [2.75, 3.05) is 31.6 Å². The van der Waals surface area contributed by atoms with Gasteiger partial charge in [-0.2, -0.15) is 0 Å². The van der Waals surface area contributed by atoms with Gasteiger partial charge >= 0.3 is 0 Å². The molecule has 1 aromatic carbocycles. The number of benzene rings is 1. The van der Waals surface area contributed by atoms with E-state index in [4.69, 9.17) is 4.74 Å². The lowest BCUT2D eigenvalue weighted by molar-refractivity contribution is 0.0589. The van der Waals surface area contributed by atoms with Crippen LogP contribution in [-0.4, -0.2) is 38.9 Å². The van der Waals surface area contributed by atoms with E-state index in [2.05, 4.69) is 34.5 Å². The molecular weight excluding hydrogens is 260 g/mol. The number of nitrogens with one attached hydrogen (secondary N) is 1. The maximum absolute atomic E-state index is 5.50. The molecule has 3 nitrogen and oxygen atoms in total. The van der Waals surface area contributed by atoms with Crippen LogP contribution in [0.1, 0.15) is 37.7 Å². The van der Waals surface area contributed by atoms with Gasteiger partial charge in [0.05, 0.1) is 6.10 Å². The van der Waals surface area contributed by atoms with Crippen molar-refractivity contribution in [2.45, 2.75) is 50.7 Å². The van der Waals surface area contributed by atoms with Gasteiger partial charge in [0.2, 0.25) is 0 Å². The Morgan fingerprint density at radius 1 is 1.29 bits per heavy atom. The van der Waals surface area contributed by atoms with E-state index in [-0.39, 0.29) is 0 Å². The number of methoxy groups -OCH3 is 1. The van der Waals surface area contributed by atoms with Crippen LogP contribution in [0.15, 0.2) is 24.3 Å². The molecule has 116 valence electrons. The minimum absolute atomic E-state index is 0.474. The Balaban J connectivity index is 1.37. The van der Waals surface area contributed by atoms with Crippen molar-refractivity contribution < 1.29 is 4.74 Å². The van der Waals surface area contributed by atoms with Gasteiger partial charge in [-0.15, -0.1) is 0 Å².